The highest BCUT2D eigenvalue weighted by atomic mass is 16.2. The van der Waals surface area contributed by atoms with Gasteiger partial charge in [0.25, 0.3) is 0 Å². The maximum Gasteiger partial charge on any atom is 0.156 e. The van der Waals surface area contributed by atoms with Crippen molar-refractivity contribution >= 4 is 16.6 Å². The number of hydrogen-bond acceptors (Lipinski definition) is 4. The summed E-state index contributed by atoms with van der Waals surface area (Å²) in [6, 6.07) is 8.09. The van der Waals surface area contributed by atoms with Gasteiger partial charge in [-0.05, 0) is 18.3 Å². The van der Waals surface area contributed by atoms with Crippen molar-refractivity contribution in [2.75, 3.05) is 18.5 Å². The van der Waals surface area contributed by atoms with Crippen LogP contribution in [0.25, 0.3) is 10.8 Å². The average Bonchev–Trinajstić information content (AvgIpc) is 2.43. The van der Waals surface area contributed by atoms with Crippen molar-refractivity contribution < 1.29 is 5.11 Å². The molecule has 0 aliphatic carbocycles. The summed E-state index contributed by atoms with van der Waals surface area (Å²) in [4.78, 5) is 0. The van der Waals surface area contributed by atoms with Gasteiger partial charge in [0.05, 0.1) is 6.20 Å². The number of hydrogen-bond donors (Lipinski definition) is 2. The van der Waals surface area contributed by atoms with Gasteiger partial charge in [0, 0.05) is 23.9 Å². The smallest absolute Gasteiger partial charge is 0.156 e. The van der Waals surface area contributed by atoms with E-state index in [0.717, 1.165) is 36.0 Å². The van der Waals surface area contributed by atoms with Crippen molar-refractivity contribution in [2.45, 2.75) is 26.7 Å². The molecular weight excluding hydrogens is 238 g/mol. The lowest BCUT2D eigenvalue weighted by Crippen LogP contribution is -2.24. The van der Waals surface area contributed by atoms with Gasteiger partial charge in [-0.15, -0.1) is 5.10 Å². The van der Waals surface area contributed by atoms with E-state index in [0.29, 0.717) is 0 Å². The monoisotopic (exact) mass is 259 g/mol. The Kier molecular flexibility index (Phi) is 4.32. The van der Waals surface area contributed by atoms with Gasteiger partial charge < -0.3 is 10.4 Å². The number of rotatable bonds is 6. The molecule has 2 rings (SSSR count). The summed E-state index contributed by atoms with van der Waals surface area (Å²) >= 11 is 0. The molecule has 0 atom stereocenters. The molecule has 19 heavy (non-hydrogen) atoms. The first-order valence-electron chi connectivity index (χ1n) is 6.67. The number of anilines is 1. The summed E-state index contributed by atoms with van der Waals surface area (Å²) in [6.07, 6.45) is 3.59. The number of fused-ring (bicyclic) bond motifs is 1. The first-order valence-corrected chi connectivity index (χ1v) is 6.67. The van der Waals surface area contributed by atoms with Crippen LogP contribution in [0, 0.1) is 5.41 Å². The van der Waals surface area contributed by atoms with E-state index in [9.17, 15) is 0 Å². The standard InChI is InChI=1S/C15H21N3O/c1-15(2,8-5-9-19)11-16-14-13-7-4-3-6-12(13)10-17-18-14/h3-4,6-7,10,19H,5,8-9,11H2,1-2H3,(H,16,18). The Balaban J connectivity index is 2.09. The zero-order valence-corrected chi connectivity index (χ0v) is 11.6. The van der Waals surface area contributed by atoms with Crippen molar-refractivity contribution in [3.63, 3.8) is 0 Å². The van der Waals surface area contributed by atoms with Crippen molar-refractivity contribution in [3.05, 3.63) is 30.5 Å². The molecule has 4 heteroatoms. The Morgan fingerprint density at radius 1 is 1.26 bits per heavy atom. The van der Waals surface area contributed by atoms with Gasteiger partial charge in [-0.2, -0.15) is 5.10 Å². The van der Waals surface area contributed by atoms with Crippen LogP contribution >= 0.6 is 0 Å². The predicted octanol–water partition coefficient (Wildman–Crippen LogP) is 2.84. The van der Waals surface area contributed by atoms with Gasteiger partial charge in [-0.3, -0.25) is 0 Å². The van der Waals surface area contributed by atoms with Crippen LogP contribution in [0.15, 0.2) is 30.5 Å². The summed E-state index contributed by atoms with van der Waals surface area (Å²) in [6.45, 7) is 5.44. The van der Waals surface area contributed by atoms with E-state index in [1.807, 2.05) is 24.3 Å². The Labute approximate surface area is 113 Å². The zero-order valence-electron chi connectivity index (χ0n) is 11.6. The molecule has 0 saturated carbocycles. The van der Waals surface area contributed by atoms with Crippen molar-refractivity contribution in [3.8, 4) is 0 Å². The minimum absolute atomic E-state index is 0.126. The quantitative estimate of drug-likeness (QED) is 0.837. The molecule has 0 aliphatic heterocycles. The first-order chi connectivity index (χ1) is 9.12. The predicted molar refractivity (Wildman–Crippen MR) is 78.1 cm³/mol. The van der Waals surface area contributed by atoms with E-state index in [2.05, 4.69) is 29.4 Å². The molecule has 1 heterocycles. The fraction of sp³-hybridized carbons (Fsp3) is 0.467. The third kappa shape index (κ3) is 3.64. The fourth-order valence-electron chi connectivity index (χ4n) is 2.13. The van der Waals surface area contributed by atoms with Crippen LogP contribution < -0.4 is 5.32 Å². The minimum atomic E-state index is 0.126. The second kappa shape index (κ2) is 5.97. The molecule has 4 nitrogen and oxygen atoms in total. The SMILES string of the molecule is CC(C)(CCCO)CNc1nncc2ccccc12. The van der Waals surface area contributed by atoms with E-state index >= 15 is 0 Å². The van der Waals surface area contributed by atoms with Gasteiger partial charge in [0.15, 0.2) is 5.82 Å². The third-order valence-electron chi connectivity index (χ3n) is 3.32. The molecule has 0 amide bonds. The molecule has 2 N–H and O–H groups in total. The Hall–Kier alpha value is -1.68. The van der Waals surface area contributed by atoms with Crippen LogP contribution in [0.2, 0.25) is 0 Å². The number of aliphatic hydroxyl groups is 1. The van der Waals surface area contributed by atoms with Crippen molar-refractivity contribution in [2.24, 2.45) is 5.41 Å². The van der Waals surface area contributed by atoms with Gasteiger partial charge in [-0.25, -0.2) is 0 Å². The van der Waals surface area contributed by atoms with Gasteiger partial charge in [-0.1, -0.05) is 38.1 Å². The molecule has 0 fully saturated rings. The fourth-order valence-corrected chi connectivity index (χ4v) is 2.13. The van der Waals surface area contributed by atoms with Crippen molar-refractivity contribution in [1.82, 2.24) is 10.2 Å². The van der Waals surface area contributed by atoms with Crippen LogP contribution in [-0.4, -0.2) is 28.5 Å². The molecule has 0 aliphatic rings. The number of nitrogens with zero attached hydrogens (tertiary/aromatic N) is 2. The normalized spacial score (nSPS) is 11.7. The highest BCUT2D eigenvalue weighted by molar-refractivity contribution is 5.90. The van der Waals surface area contributed by atoms with Crippen LogP contribution in [0.4, 0.5) is 5.82 Å². The highest BCUT2D eigenvalue weighted by Gasteiger charge is 2.17. The van der Waals surface area contributed by atoms with Crippen LogP contribution in [0.3, 0.4) is 0 Å². The maximum atomic E-state index is 8.91. The van der Waals surface area contributed by atoms with Crippen LogP contribution in [0.5, 0.6) is 0 Å². The molecule has 0 spiro atoms. The second-order valence-electron chi connectivity index (χ2n) is 5.63. The largest absolute Gasteiger partial charge is 0.396 e. The first kappa shape index (κ1) is 13.7. The molecule has 102 valence electrons. The van der Waals surface area contributed by atoms with E-state index in [4.69, 9.17) is 5.11 Å². The minimum Gasteiger partial charge on any atom is -0.396 e. The number of nitrogens with one attached hydrogen (secondary N) is 1. The molecule has 0 bridgehead atoms. The van der Waals surface area contributed by atoms with E-state index in [1.54, 1.807) is 6.20 Å². The summed E-state index contributed by atoms with van der Waals surface area (Å²) in [5.41, 5.74) is 0.126. The summed E-state index contributed by atoms with van der Waals surface area (Å²) in [5.74, 6) is 0.829. The van der Waals surface area contributed by atoms with Gasteiger partial charge in [0.1, 0.15) is 0 Å². The molecule has 0 saturated heterocycles. The second-order valence-corrected chi connectivity index (χ2v) is 5.63. The summed E-state index contributed by atoms with van der Waals surface area (Å²) in [5, 5.41) is 22.7. The van der Waals surface area contributed by atoms with E-state index in [-0.39, 0.29) is 12.0 Å². The lowest BCUT2D eigenvalue weighted by atomic mass is 9.88. The van der Waals surface area contributed by atoms with Crippen molar-refractivity contribution in [1.29, 1.82) is 0 Å². The van der Waals surface area contributed by atoms with Gasteiger partial charge in [0.2, 0.25) is 0 Å². The van der Waals surface area contributed by atoms with Crippen LogP contribution in [0.1, 0.15) is 26.7 Å². The zero-order chi connectivity index (χ0) is 13.7. The Morgan fingerprint density at radius 3 is 2.84 bits per heavy atom. The van der Waals surface area contributed by atoms with E-state index in [1.165, 1.54) is 0 Å². The molecular formula is C15H21N3O. The molecule has 1 aromatic carbocycles. The number of aliphatic hydroxyl groups excluding tert-OH is 1. The number of benzene rings is 1. The highest BCUT2D eigenvalue weighted by Crippen LogP contribution is 2.25. The maximum absolute atomic E-state index is 8.91. The Bertz CT molecular complexity index is 534. The lowest BCUT2D eigenvalue weighted by Gasteiger charge is -2.25. The van der Waals surface area contributed by atoms with E-state index < -0.39 is 0 Å². The summed E-state index contributed by atoms with van der Waals surface area (Å²) < 4.78 is 0. The molecule has 2 aromatic rings. The van der Waals surface area contributed by atoms with Gasteiger partial charge >= 0.3 is 0 Å². The molecule has 0 radical (unpaired) electrons. The topological polar surface area (TPSA) is 58.0 Å². The molecule has 0 unspecified atom stereocenters. The Morgan fingerprint density at radius 2 is 2.05 bits per heavy atom. The number of aromatic nitrogens is 2. The lowest BCUT2D eigenvalue weighted by molar-refractivity contribution is 0.248. The van der Waals surface area contributed by atoms with Crippen LogP contribution in [-0.2, 0) is 0 Å². The molecule has 1 aromatic heterocycles. The third-order valence-corrected chi connectivity index (χ3v) is 3.32. The summed E-state index contributed by atoms with van der Waals surface area (Å²) in [7, 11) is 0. The average molecular weight is 259 g/mol.